The zero-order chi connectivity index (χ0) is 6.85. The lowest BCUT2D eigenvalue weighted by molar-refractivity contribution is -0.118. The SMILES string of the molecule is O=C1C=CC(O)C(O)C1. The molecule has 0 saturated heterocycles. The maximum Gasteiger partial charge on any atom is 0.158 e. The van der Waals surface area contributed by atoms with Crippen molar-refractivity contribution in [1.29, 1.82) is 0 Å². The van der Waals surface area contributed by atoms with Crippen molar-refractivity contribution in [2.75, 3.05) is 0 Å². The molecular formula is C6H8O3. The Labute approximate surface area is 52.6 Å². The molecule has 3 nitrogen and oxygen atoms in total. The highest BCUT2D eigenvalue weighted by molar-refractivity contribution is 5.91. The predicted molar refractivity (Wildman–Crippen MR) is 30.8 cm³/mol. The van der Waals surface area contributed by atoms with E-state index in [1.54, 1.807) is 0 Å². The third-order valence-corrected chi connectivity index (χ3v) is 1.28. The largest absolute Gasteiger partial charge is 0.390 e. The van der Waals surface area contributed by atoms with Gasteiger partial charge in [-0.2, -0.15) is 0 Å². The van der Waals surface area contributed by atoms with Crippen LogP contribution in [0.15, 0.2) is 12.2 Å². The summed E-state index contributed by atoms with van der Waals surface area (Å²) in [6.07, 6.45) is 0.871. The van der Waals surface area contributed by atoms with Gasteiger partial charge in [0.2, 0.25) is 0 Å². The molecule has 0 heterocycles. The van der Waals surface area contributed by atoms with Crippen LogP contribution in [0.25, 0.3) is 0 Å². The molecule has 0 bridgehead atoms. The fourth-order valence-electron chi connectivity index (χ4n) is 0.729. The Balaban J connectivity index is 2.65. The van der Waals surface area contributed by atoms with Crippen LogP contribution in [-0.4, -0.2) is 28.2 Å². The molecule has 3 heteroatoms. The lowest BCUT2D eigenvalue weighted by Crippen LogP contribution is -2.29. The van der Waals surface area contributed by atoms with E-state index in [1.165, 1.54) is 12.2 Å². The monoisotopic (exact) mass is 128 g/mol. The van der Waals surface area contributed by atoms with Crippen molar-refractivity contribution < 1.29 is 15.0 Å². The van der Waals surface area contributed by atoms with E-state index in [1.807, 2.05) is 0 Å². The van der Waals surface area contributed by atoms with E-state index in [0.29, 0.717) is 0 Å². The number of carbonyl (C=O) groups excluding carboxylic acids is 1. The van der Waals surface area contributed by atoms with Gasteiger partial charge in [0.15, 0.2) is 5.78 Å². The molecular weight excluding hydrogens is 120 g/mol. The number of carbonyl (C=O) groups is 1. The summed E-state index contributed by atoms with van der Waals surface area (Å²) in [5, 5.41) is 17.6. The summed E-state index contributed by atoms with van der Waals surface area (Å²) in [4.78, 5) is 10.5. The number of ketones is 1. The molecule has 2 atom stereocenters. The van der Waals surface area contributed by atoms with E-state index in [4.69, 9.17) is 10.2 Å². The van der Waals surface area contributed by atoms with Gasteiger partial charge in [-0.3, -0.25) is 4.79 Å². The van der Waals surface area contributed by atoms with Crippen LogP contribution in [-0.2, 0) is 4.79 Å². The number of aliphatic hydroxyl groups is 2. The van der Waals surface area contributed by atoms with Crippen molar-refractivity contribution in [3.63, 3.8) is 0 Å². The zero-order valence-corrected chi connectivity index (χ0v) is 4.82. The van der Waals surface area contributed by atoms with Crippen molar-refractivity contribution in [1.82, 2.24) is 0 Å². The lowest BCUT2D eigenvalue weighted by Gasteiger charge is -2.15. The molecule has 0 spiro atoms. The first-order valence-corrected chi connectivity index (χ1v) is 2.77. The molecule has 0 amide bonds. The highest BCUT2D eigenvalue weighted by Crippen LogP contribution is 2.07. The third kappa shape index (κ3) is 1.37. The fraction of sp³-hybridized carbons (Fsp3) is 0.500. The summed E-state index contributed by atoms with van der Waals surface area (Å²) in [5.74, 6) is -0.132. The Morgan fingerprint density at radius 3 is 2.67 bits per heavy atom. The van der Waals surface area contributed by atoms with Crippen molar-refractivity contribution in [3.8, 4) is 0 Å². The summed E-state index contributed by atoms with van der Waals surface area (Å²) in [6, 6.07) is 0. The van der Waals surface area contributed by atoms with Crippen LogP contribution in [0.4, 0.5) is 0 Å². The van der Waals surface area contributed by atoms with Crippen molar-refractivity contribution in [2.24, 2.45) is 0 Å². The molecule has 0 fully saturated rings. The van der Waals surface area contributed by atoms with Crippen molar-refractivity contribution in [2.45, 2.75) is 18.6 Å². The molecule has 0 aromatic heterocycles. The number of rotatable bonds is 0. The second kappa shape index (κ2) is 2.29. The molecule has 2 unspecified atom stereocenters. The third-order valence-electron chi connectivity index (χ3n) is 1.28. The number of hydrogen-bond acceptors (Lipinski definition) is 3. The van der Waals surface area contributed by atoms with Gasteiger partial charge >= 0.3 is 0 Å². The molecule has 0 radical (unpaired) electrons. The zero-order valence-electron chi connectivity index (χ0n) is 4.82. The maximum absolute atomic E-state index is 10.5. The summed E-state index contributed by atoms with van der Waals surface area (Å²) >= 11 is 0. The average molecular weight is 128 g/mol. The van der Waals surface area contributed by atoms with Crippen LogP contribution in [0.5, 0.6) is 0 Å². The van der Waals surface area contributed by atoms with Crippen LogP contribution in [0, 0.1) is 0 Å². The molecule has 50 valence electrons. The lowest BCUT2D eigenvalue weighted by atomic mass is 10.0. The fourth-order valence-corrected chi connectivity index (χ4v) is 0.729. The molecule has 9 heavy (non-hydrogen) atoms. The first-order chi connectivity index (χ1) is 4.20. The molecule has 0 aromatic carbocycles. The minimum atomic E-state index is -0.900. The Kier molecular flexibility index (Phi) is 1.64. The Morgan fingerprint density at radius 2 is 2.22 bits per heavy atom. The van der Waals surface area contributed by atoms with Crippen LogP contribution in [0.2, 0.25) is 0 Å². The highest BCUT2D eigenvalue weighted by Gasteiger charge is 2.20. The molecule has 0 aliphatic heterocycles. The number of allylic oxidation sites excluding steroid dienone is 1. The standard InChI is InChI=1S/C6H8O3/c7-4-1-2-5(8)6(9)3-4/h1-2,5-6,8-9H,3H2. The van der Waals surface area contributed by atoms with Gasteiger partial charge in [-0.05, 0) is 6.08 Å². The Bertz CT molecular complexity index is 150. The topological polar surface area (TPSA) is 57.5 Å². The first kappa shape index (κ1) is 6.45. The molecule has 2 N–H and O–H groups in total. The van der Waals surface area contributed by atoms with Gasteiger partial charge in [-0.1, -0.05) is 6.08 Å². The van der Waals surface area contributed by atoms with Gasteiger partial charge in [0.05, 0.1) is 12.2 Å². The van der Waals surface area contributed by atoms with Crippen molar-refractivity contribution in [3.05, 3.63) is 12.2 Å². The summed E-state index contributed by atoms with van der Waals surface area (Å²) in [7, 11) is 0. The summed E-state index contributed by atoms with van der Waals surface area (Å²) in [6.45, 7) is 0. The van der Waals surface area contributed by atoms with E-state index < -0.39 is 12.2 Å². The van der Waals surface area contributed by atoms with Crippen LogP contribution in [0.3, 0.4) is 0 Å². The minimum Gasteiger partial charge on any atom is -0.390 e. The predicted octanol–water partition coefficient (Wildman–Crippen LogP) is -0.763. The van der Waals surface area contributed by atoms with Crippen molar-refractivity contribution >= 4 is 5.78 Å². The van der Waals surface area contributed by atoms with Gasteiger partial charge in [-0.15, -0.1) is 0 Å². The second-order valence-electron chi connectivity index (χ2n) is 2.09. The van der Waals surface area contributed by atoms with Gasteiger partial charge in [-0.25, -0.2) is 0 Å². The van der Waals surface area contributed by atoms with Gasteiger partial charge in [0.1, 0.15) is 0 Å². The van der Waals surface area contributed by atoms with Crippen LogP contribution < -0.4 is 0 Å². The highest BCUT2D eigenvalue weighted by atomic mass is 16.3. The smallest absolute Gasteiger partial charge is 0.158 e. The van der Waals surface area contributed by atoms with Crippen LogP contribution >= 0.6 is 0 Å². The first-order valence-electron chi connectivity index (χ1n) is 2.77. The minimum absolute atomic E-state index is 0.0394. The molecule has 1 aliphatic carbocycles. The average Bonchev–Trinajstić information content (AvgIpc) is 1.80. The molecule has 0 saturated carbocycles. The normalized spacial score (nSPS) is 35.1. The molecule has 1 aliphatic rings. The summed E-state index contributed by atoms with van der Waals surface area (Å²) < 4.78 is 0. The van der Waals surface area contributed by atoms with Gasteiger partial charge in [0.25, 0.3) is 0 Å². The maximum atomic E-state index is 10.5. The van der Waals surface area contributed by atoms with E-state index in [-0.39, 0.29) is 12.2 Å². The number of hydrogen-bond donors (Lipinski definition) is 2. The summed E-state index contributed by atoms with van der Waals surface area (Å²) in [5.41, 5.74) is 0. The Morgan fingerprint density at radius 1 is 1.56 bits per heavy atom. The molecule has 0 aromatic rings. The molecule has 1 rings (SSSR count). The van der Waals surface area contributed by atoms with E-state index >= 15 is 0 Å². The van der Waals surface area contributed by atoms with E-state index in [2.05, 4.69) is 0 Å². The Hall–Kier alpha value is -0.670. The van der Waals surface area contributed by atoms with Gasteiger partial charge in [0, 0.05) is 6.42 Å². The number of aliphatic hydroxyl groups excluding tert-OH is 2. The van der Waals surface area contributed by atoms with E-state index in [0.717, 1.165) is 0 Å². The second-order valence-corrected chi connectivity index (χ2v) is 2.09. The van der Waals surface area contributed by atoms with E-state index in [9.17, 15) is 4.79 Å². The van der Waals surface area contributed by atoms with Crippen LogP contribution in [0.1, 0.15) is 6.42 Å². The quantitative estimate of drug-likeness (QED) is 0.450. The van der Waals surface area contributed by atoms with Gasteiger partial charge < -0.3 is 10.2 Å².